The van der Waals surface area contributed by atoms with Gasteiger partial charge in [-0.3, -0.25) is 0 Å². The van der Waals surface area contributed by atoms with Crippen molar-refractivity contribution in [3.8, 4) is 0 Å². The summed E-state index contributed by atoms with van der Waals surface area (Å²) in [6.45, 7) is 3.05. The van der Waals surface area contributed by atoms with Crippen molar-refractivity contribution in [1.29, 1.82) is 0 Å². The van der Waals surface area contributed by atoms with Gasteiger partial charge in [-0.05, 0) is 44.5 Å². The Bertz CT molecular complexity index is 352. The highest BCUT2D eigenvalue weighted by atomic mass is 79.9. The molecule has 1 aliphatic rings. The van der Waals surface area contributed by atoms with E-state index in [9.17, 15) is 0 Å². The predicted molar refractivity (Wildman–Crippen MR) is 74.2 cm³/mol. The molecule has 94 valence electrons. The number of nitrogens with one attached hydrogen (secondary N) is 1. The summed E-state index contributed by atoms with van der Waals surface area (Å²) in [7, 11) is 2.05. The first-order chi connectivity index (χ1) is 8.19. The van der Waals surface area contributed by atoms with Gasteiger partial charge in [-0.25, -0.2) is 0 Å². The first-order valence-corrected chi connectivity index (χ1v) is 7.01. The van der Waals surface area contributed by atoms with E-state index in [1.807, 2.05) is 7.05 Å². The highest BCUT2D eigenvalue weighted by Crippen LogP contribution is 2.24. The Balaban J connectivity index is 1.97. The van der Waals surface area contributed by atoms with Gasteiger partial charge in [-0.2, -0.15) is 0 Å². The van der Waals surface area contributed by atoms with Gasteiger partial charge in [0.05, 0.1) is 12.7 Å². The molecule has 1 fully saturated rings. The van der Waals surface area contributed by atoms with Crippen LogP contribution in [0.3, 0.4) is 0 Å². The normalized spacial score (nSPS) is 26.1. The van der Waals surface area contributed by atoms with Gasteiger partial charge in [0.25, 0.3) is 0 Å². The lowest BCUT2D eigenvalue weighted by Crippen LogP contribution is -2.36. The third-order valence-corrected chi connectivity index (χ3v) is 4.07. The summed E-state index contributed by atoms with van der Waals surface area (Å²) >= 11 is 3.47. The molecule has 0 bridgehead atoms. The first-order valence-electron chi connectivity index (χ1n) is 6.22. The maximum atomic E-state index is 5.66. The van der Waals surface area contributed by atoms with Crippen LogP contribution in [-0.4, -0.2) is 25.8 Å². The third-order valence-electron chi connectivity index (χ3n) is 3.54. The molecule has 1 aromatic rings. The zero-order valence-electron chi connectivity index (χ0n) is 10.4. The molecule has 1 heterocycles. The van der Waals surface area contributed by atoms with Crippen molar-refractivity contribution in [2.45, 2.75) is 31.9 Å². The Morgan fingerprint density at radius 1 is 1.41 bits per heavy atom. The van der Waals surface area contributed by atoms with E-state index >= 15 is 0 Å². The van der Waals surface area contributed by atoms with Gasteiger partial charge >= 0.3 is 0 Å². The largest absolute Gasteiger partial charge is 0.378 e. The molecule has 1 N–H and O–H groups in total. The van der Waals surface area contributed by atoms with Crippen molar-refractivity contribution >= 4 is 15.9 Å². The van der Waals surface area contributed by atoms with Gasteiger partial charge in [0, 0.05) is 16.4 Å². The van der Waals surface area contributed by atoms with Crippen molar-refractivity contribution in [2.75, 3.05) is 13.7 Å². The van der Waals surface area contributed by atoms with E-state index in [1.54, 1.807) is 0 Å². The summed E-state index contributed by atoms with van der Waals surface area (Å²) < 4.78 is 6.80. The third kappa shape index (κ3) is 3.54. The molecule has 0 spiro atoms. The molecule has 1 saturated heterocycles. The van der Waals surface area contributed by atoms with E-state index in [0.29, 0.717) is 18.1 Å². The number of halogens is 1. The standard InChI is InChI=1S/C14H20BrNO/c1-10-7-12(9-17-10)14(16-2)8-11-3-5-13(15)6-4-11/h3-6,10,12,14,16H,7-9H2,1-2H3. The Labute approximate surface area is 112 Å². The predicted octanol–water partition coefficient (Wildman–Crippen LogP) is 3.00. The molecule has 3 unspecified atom stereocenters. The van der Waals surface area contributed by atoms with E-state index in [2.05, 4.69) is 52.4 Å². The van der Waals surface area contributed by atoms with Crippen molar-refractivity contribution < 1.29 is 4.74 Å². The molecule has 3 heteroatoms. The zero-order valence-corrected chi connectivity index (χ0v) is 12.0. The van der Waals surface area contributed by atoms with Crippen LogP contribution in [0.5, 0.6) is 0 Å². The fourth-order valence-corrected chi connectivity index (χ4v) is 2.77. The van der Waals surface area contributed by atoms with Crippen LogP contribution in [0, 0.1) is 5.92 Å². The molecule has 3 atom stereocenters. The van der Waals surface area contributed by atoms with Gasteiger partial charge in [0.2, 0.25) is 0 Å². The van der Waals surface area contributed by atoms with Crippen LogP contribution in [0.1, 0.15) is 18.9 Å². The monoisotopic (exact) mass is 297 g/mol. The van der Waals surface area contributed by atoms with Crippen molar-refractivity contribution in [1.82, 2.24) is 5.32 Å². The van der Waals surface area contributed by atoms with Crippen LogP contribution in [0.25, 0.3) is 0 Å². The SMILES string of the molecule is CNC(Cc1ccc(Br)cc1)C1COC(C)C1. The summed E-state index contributed by atoms with van der Waals surface area (Å²) in [5.74, 6) is 0.638. The Kier molecular flexibility index (Phi) is 4.60. The van der Waals surface area contributed by atoms with Crippen LogP contribution in [0.15, 0.2) is 28.7 Å². The summed E-state index contributed by atoms with van der Waals surface area (Å²) in [5.41, 5.74) is 1.38. The molecule has 17 heavy (non-hydrogen) atoms. The Morgan fingerprint density at radius 2 is 2.12 bits per heavy atom. The van der Waals surface area contributed by atoms with Crippen LogP contribution in [0.2, 0.25) is 0 Å². The van der Waals surface area contributed by atoms with Crippen LogP contribution < -0.4 is 5.32 Å². The molecule has 0 aliphatic carbocycles. The maximum absolute atomic E-state index is 5.66. The highest BCUT2D eigenvalue weighted by molar-refractivity contribution is 9.10. The van der Waals surface area contributed by atoms with Gasteiger partial charge < -0.3 is 10.1 Å². The molecular weight excluding hydrogens is 278 g/mol. The number of benzene rings is 1. The Hall–Kier alpha value is -0.380. The van der Waals surface area contributed by atoms with E-state index in [1.165, 1.54) is 12.0 Å². The lowest BCUT2D eigenvalue weighted by Gasteiger charge is -2.22. The van der Waals surface area contributed by atoms with Crippen molar-refractivity contribution in [3.63, 3.8) is 0 Å². The van der Waals surface area contributed by atoms with E-state index in [0.717, 1.165) is 17.5 Å². The summed E-state index contributed by atoms with van der Waals surface area (Å²) in [5, 5.41) is 3.44. The minimum absolute atomic E-state index is 0.417. The number of rotatable bonds is 4. The van der Waals surface area contributed by atoms with Crippen LogP contribution >= 0.6 is 15.9 Å². The van der Waals surface area contributed by atoms with Crippen LogP contribution in [-0.2, 0) is 11.2 Å². The van der Waals surface area contributed by atoms with Crippen molar-refractivity contribution in [3.05, 3.63) is 34.3 Å². The molecule has 2 nitrogen and oxygen atoms in total. The van der Waals surface area contributed by atoms with Gasteiger partial charge in [-0.15, -0.1) is 0 Å². The second-order valence-electron chi connectivity index (χ2n) is 4.87. The zero-order chi connectivity index (χ0) is 12.3. The second-order valence-corrected chi connectivity index (χ2v) is 5.78. The quantitative estimate of drug-likeness (QED) is 0.922. The lowest BCUT2D eigenvalue weighted by molar-refractivity contribution is 0.117. The summed E-state index contributed by atoms with van der Waals surface area (Å²) in [6, 6.07) is 9.11. The van der Waals surface area contributed by atoms with Gasteiger partial charge in [0.1, 0.15) is 0 Å². The van der Waals surface area contributed by atoms with Crippen LogP contribution in [0.4, 0.5) is 0 Å². The van der Waals surface area contributed by atoms with E-state index < -0.39 is 0 Å². The number of likely N-dealkylation sites (N-methyl/N-ethyl adjacent to an activating group) is 1. The van der Waals surface area contributed by atoms with E-state index in [4.69, 9.17) is 4.74 Å². The summed E-state index contributed by atoms with van der Waals surface area (Å²) in [4.78, 5) is 0. The molecule has 1 aromatic carbocycles. The van der Waals surface area contributed by atoms with E-state index in [-0.39, 0.29) is 0 Å². The Morgan fingerprint density at radius 3 is 2.65 bits per heavy atom. The minimum Gasteiger partial charge on any atom is -0.378 e. The number of hydrogen-bond acceptors (Lipinski definition) is 2. The molecular formula is C14H20BrNO. The number of ether oxygens (including phenoxy) is 1. The fourth-order valence-electron chi connectivity index (χ4n) is 2.51. The molecule has 0 amide bonds. The van der Waals surface area contributed by atoms with Gasteiger partial charge in [-0.1, -0.05) is 28.1 Å². The summed E-state index contributed by atoms with van der Waals surface area (Å²) in [6.07, 6.45) is 2.66. The maximum Gasteiger partial charge on any atom is 0.0551 e. The van der Waals surface area contributed by atoms with Gasteiger partial charge in [0.15, 0.2) is 0 Å². The minimum atomic E-state index is 0.417. The topological polar surface area (TPSA) is 21.3 Å². The second kappa shape index (κ2) is 5.98. The average Bonchev–Trinajstić information content (AvgIpc) is 2.75. The first kappa shape index (κ1) is 13.1. The smallest absolute Gasteiger partial charge is 0.0551 e. The van der Waals surface area contributed by atoms with Crippen molar-refractivity contribution in [2.24, 2.45) is 5.92 Å². The fraction of sp³-hybridized carbons (Fsp3) is 0.571. The number of hydrogen-bond donors (Lipinski definition) is 1. The molecule has 1 aliphatic heterocycles. The molecule has 0 radical (unpaired) electrons. The molecule has 0 aromatic heterocycles. The average molecular weight is 298 g/mol. The lowest BCUT2D eigenvalue weighted by atomic mass is 9.92. The molecule has 0 saturated carbocycles. The molecule has 2 rings (SSSR count). The highest BCUT2D eigenvalue weighted by Gasteiger charge is 2.28.